The van der Waals surface area contributed by atoms with E-state index in [-0.39, 0.29) is 0 Å². The summed E-state index contributed by atoms with van der Waals surface area (Å²) >= 11 is 6.71. The number of pyridine rings is 1. The molecule has 3 nitrogen and oxygen atoms in total. The Morgan fingerprint density at radius 2 is 2.05 bits per heavy atom. The third-order valence-corrected chi connectivity index (χ3v) is 4.22. The maximum absolute atomic E-state index is 11.6. The van der Waals surface area contributed by atoms with E-state index in [1.165, 1.54) is 0 Å². The predicted octanol–water partition coefficient (Wildman–Crippen LogP) is 4.33. The SMILES string of the molecule is Cc1ccccc1CC(C(=O)O)c1ncc(Br)cc1Br. The van der Waals surface area contributed by atoms with Gasteiger partial charge in [0.05, 0.1) is 5.69 Å². The van der Waals surface area contributed by atoms with Crippen molar-refractivity contribution in [2.45, 2.75) is 19.3 Å². The lowest BCUT2D eigenvalue weighted by atomic mass is 9.93. The molecule has 0 amide bonds. The van der Waals surface area contributed by atoms with E-state index in [4.69, 9.17) is 0 Å². The largest absolute Gasteiger partial charge is 0.481 e. The smallest absolute Gasteiger partial charge is 0.312 e. The van der Waals surface area contributed by atoms with E-state index >= 15 is 0 Å². The molecule has 1 heterocycles. The van der Waals surface area contributed by atoms with Gasteiger partial charge in [-0.25, -0.2) is 0 Å². The molecule has 1 aromatic carbocycles. The molecule has 1 atom stereocenters. The molecule has 1 N–H and O–H groups in total. The van der Waals surface area contributed by atoms with Crippen LogP contribution < -0.4 is 0 Å². The normalized spacial score (nSPS) is 12.2. The summed E-state index contributed by atoms with van der Waals surface area (Å²) in [7, 11) is 0. The average molecular weight is 399 g/mol. The van der Waals surface area contributed by atoms with Crippen LogP contribution >= 0.6 is 31.9 Å². The van der Waals surface area contributed by atoms with Crippen LogP contribution in [0.2, 0.25) is 0 Å². The Morgan fingerprint density at radius 3 is 2.65 bits per heavy atom. The second-order valence-corrected chi connectivity index (χ2v) is 6.31. The summed E-state index contributed by atoms with van der Waals surface area (Å²) in [6.07, 6.45) is 2.04. The molecule has 0 bridgehead atoms. The summed E-state index contributed by atoms with van der Waals surface area (Å²) in [5, 5.41) is 9.50. The zero-order valence-corrected chi connectivity index (χ0v) is 14.0. The molecule has 0 saturated heterocycles. The highest BCUT2D eigenvalue weighted by Gasteiger charge is 2.24. The molecule has 0 spiro atoms. The van der Waals surface area contributed by atoms with Gasteiger partial charge in [0.25, 0.3) is 0 Å². The summed E-state index contributed by atoms with van der Waals surface area (Å²) in [4.78, 5) is 15.8. The number of benzene rings is 1. The van der Waals surface area contributed by atoms with E-state index in [0.717, 1.165) is 15.6 Å². The van der Waals surface area contributed by atoms with Crippen molar-refractivity contribution in [3.05, 3.63) is 62.3 Å². The molecule has 5 heteroatoms. The number of carboxylic acid groups (broad SMARTS) is 1. The Kier molecular flexibility index (Phi) is 4.94. The first-order valence-corrected chi connectivity index (χ1v) is 7.66. The molecule has 1 unspecified atom stereocenters. The molecule has 0 aliphatic heterocycles. The van der Waals surface area contributed by atoms with Gasteiger partial charge in [-0.05, 0) is 62.4 Å². The Morgan fingerprint density at radius 1 is 1.35 bits per heavy atom. The molecule has 104 valence electrons. The van der Waals surface area contributed by atoms with Crippen molar-refractivity contribution in [1.82, 2.24) is 4.98 Å². The molecule has 2 rings (SSSR count). The topological polar surface area (TPSA) is 50.2 Å². The molecule has 0 radical (unpaired) electrons. The number of hydrogen-bond donors (Lipinski definition) is 1. The maximum Gasteiger partial charge on any atom is 0.312 e. The lowest BCUT2D eigenvalue weighted by Gasteiger charge is -2.15. The molecule has 2 aromatic rings. The second kappa shape index (κ2) is 6.50. The minimum atomic E-state index is -0.872. The number of aromatic nitrogens is 1. The minimum absolute atomic E-state index is 0.426. The number of hydrogen-bond acceptors (Lipinski definition) is 2. The standard InChI is InChI=1S/C15H13Br2NO2/c1-9-4-2-3-5-10(9)6-12(15(19)20)14-13(17)7-11(16)8-18-14/h2-5,7-8,12H,6H2,1H3,(H,19,20). The van der Waals surface area contributed by atoms with E-state index in [1.807, 2.05) is 37.3 Å². The molecule has 20 heavy (non-hydrogen) atoms. The van der Waals surface area contributed by atoms with Crippen molar-refractivity contribution in [2.75, 3.05) is 0 Å². The monoisotopic (exact) mass is 397 g/mol. The molecule has 0 fully saturated rings. The highest BCUT2D eigenvalue weighted by molar-refractivity contribution is 9.11. The summed E-state index contributed by atoms with van der Waals surface area (Å²) in [6.45, 7) is 1.98. The number of carbonyl (C=O) groups is 1. The van der Waals surface area contributed by atoms with Gasteiger partial charge in [-0.1, -0.05) is 24.3 Å². The van der Waals surface area contributed by atoms with Crippen molar-refractivity contribution in [2.24, 2.45) is 0 Å². The van der Waals surface area contributed by atoms with Crippen molar-refractivity contribution in [3.63, 3.8) is 0 Å². The van der Waals surface area contributed by atoms with Gasteiger partial charge in [0.15, 0.2) is 0 Å². The molecule has 0 aliphatic rings. The third kappa shape index (κ3) is 3.46. The Labute approximate surface area is 134 Å². The van der Waals surface area contributed by atoms with Crippen LogP contribution in [0.15, 0.2) is 45.5 Å². The van der Waals surface area contributed by atoms with Crippen LogP contribution in [0.5, 0.6) is 0 Å². The van der Waals surface area contributed by atoms with Gasteiger partial charge >= 0.3 is 5.97 Å². The van der Waals surface area contributed by atoms with Gasteiger partial charge < -0.3 is 5.11 Å². The number of rotatable bonds is 4. The van der Waals surface area contributed by atoms with Crippen LogP contribution in [0.1, 0.15) is 22.7 Å². The van der Waals surface area contributed by atoms with Crippen molar-refractivity contribution >= 4 is 37.8 Å². The first kappa shape index (κ1) is 15.2. The summed E-state index contributed by atoms with van der Waals surface area (Å²) in [5.41, 5.74) is 2.66. The van der Waals surface area contributed by atoms with E-state index in [9.17, 15) is 9.90 Å². The maximum atomic E-state index is 11.6. The van der Waals surface area contributed by atoms with Crippen molar-refractivity contribution in [1.29, 1.82) is 0 Å². The van der Waals surface area contributed by atoms with Crippen LogP contribution in [0.4, 0.5) is 0 Å². The lowest BCUT2D eigenvalue weighted by Crippen LogP contribution is -2.17. The first-order valence-electron chi connectivity index (χ1n) is 6.07. The summed E-state index contributed by atoms with van der Waals surface area (Å²) in [5.74, 6) is -1.54. The lowest BCUT2D eigenvalue weighted by molar-refractivity contribution is -0.138. The Balaban J connectivity index is 2.37. The van der Waals surface area contributed by atoms with Crippen LogP contribution in [0.3, 0.4) is 0 Å². The molecule has 1 aromatic heterocycles. The molecular weight excluding hydrogens is 386 g/mol. The number of carboxylic acids is 1. The van der Waals surface area contributed by atoms with E-state index < -0.39 is 11.9 Å². The van der Waals surface area contributed by atoms with Gasteiger partial charge in [0, 0.05) is 15.1 Å². The van der Waals surface area contributed by atoms with Gasteiger partial charge in [0.2, 0.25) is 0 Å². The van der Waals surface area contributed by atoms with Gasteiger partial charge in [-0.15, -0.1) is 0 Å². The first-order chi connectivity index (χ1) is 9.49. The molecular formula is C15H13Br2NO2. The highest BCUT2D eigenvalue weighted by atomic mass is 79.9. The zero-order valence-electron chi connectivity index (χ0n) is 10.8. The predicted molar refractivity (Wildman–Crippen MR) is 84.9 cm³/mol. The van der Waals surface area contributed by atoms with Crippen LogP contribution in [0, 0.1) is 6.92 Å². The minimum Gasteiger partial charge on any atom is -0.481 e. The van der Waals surface area contributed by atoms with Gasteiger partial charge in [-0.3, -0.25) is 9.78 Å². The van der Waals surface area contributed by atoms with Gasteiger partial charge in [0.1, 0.15) is 5.92 Å². The Hall–Kier alpha value is -1.20. The van der Waals surface area contributed by atoms with Gasteiger partial charge in [-0.2, -0.15) is 0 Å². The van der Waals surface area contributed by atoms with E-state index in [0.29, 0.717) is 16.6 Å². The summed E-state index contributed by atoms with van der Waals surface area (Å²) in [6, 6.07) is 9.63. The van der Waals surface area contributed by atoms with Crippen molar-refractivity contribution < 1.29 is 9.90 Å². The van der Waals surface area contributed by atoms with E-state index in [2.05, 4.69) is 36.8 Å². The number of halogens is 2. The Bertz CT molecular complexity index is 644. The fraction of sp³-hybridized carbons (Fsp3) is 0.200. The van der Waals surface area contributed by atoms with Crippen molar-refractivity contribution in [3.8, 4) is 0 Å². The summed E-state index contributed by atoms with van der Waals surface area (Å²) < 4.78 is 1.51. The number of nitrogens with zero attached hydrogens (tertiary/aromatic N) is 1. The third-order valence-electron chi connectivity index (χ3n) is 3.15. The van der Waals surface area contributed by atoms with Crippen LogP contribution in [-0.4, -0.2) is 16.1 Å². The quantitative estimate of drug-likeness (QED) is 0.833. The highest BCUT2D eigenvalue weighted by Crippen LogP contribution is 2.29. The zero-order chi connectivity index (χ0) is 14.7. The molecule has 0 aliphatic carbocycles. The van der Waals surface area contributed by atoms with E-state index in [1.54, 1.807) is 6.20 Å². The second-order valence-electron chi connectivity index (χ2n) is 4.54. The van der Waals surface area contributed by atoms with Crippen LogP contribution in [0.25, 0.3) is 0 Å². The number of aryl methyl sites for hydroxylation is 1. The fourth-order valence-corrected chi connectivity index (χ4v) is 3.31. The average Bonchev–Trinajstić information content (AvgIpc) is 2.38. The fourth-order valence-electron chi connectivity index (χ4n) is 2.04. The van der Waals surface area contributed by atoms with Crippen LogP contribution in [-0.2, 0) is 11.2 Å². The molecule has 0 saturated carbocycles. The number of aliphatic carboxylic acids is 1.